The van der Waals surface area contributed by atoms with E-state index in [1.165, 1.54) is 42.5 Å². The molecule has 8 nitrogen and oxygen atoms in total. The molecule has 9 heteroatoms. The molecule has 0 aliphatic heterocycles. The lowest BCUT2D eigenvalue weighted by Gasteiger charge is -2.04. The maximum absolute atomic E-state index is 10.6. The Morgan fingerprint density at radius 2 is 1.91 bits per heavy atom. The number of nitro groups is 1. The van der Waals surface area contributed by atoms with Crippen molar-refractivity contribution in [1.29, 1.82) is 0 Å². The lowest BCUT2D eigenvalue weighted by atomic mass is 10.2. The van der Waals surface area contributed by atoms with Gasteiger partial charge in [0.25, 0.3) is 5.69 Å². The molecule has 0 radical (unpaired) electrons. The van der Waals surface area contributed by atoms with Gasteiger partial charge >= 0.3 is 6.01 Å². The van der Waals surface area contributed by atoms with Gasteiger partial charge in [0.15, 0.2) is 0 Å². The molecule has 2 N–H and O–H groups in total. The number of phenolic OH excluding ortho intramolecular Hbond substituents is 1. The second-order valence-corrected chi connectivity index (χ2v) is 4.94. The first-order valence-electron chi connectivity index (χ1n) is 6.37. The average molecular weight is 333 g/mol. The second-order valence-electron chi connectivity index (χ2n) is 4.50. The molecule has 3 aromatic rings. The predicted octanol–water partition coefficient (Wildman–Crippen LogP) is 3.75. The van der Waals surface area contributed by atoms with Crippen molar-refractivity contribution in [3.63, 3.8) is 0 Å². The molecule has 1 aromatic heterocycles. The number of benzene rings is 2. The summed E-state index contributed by atoms with van der Waals surface area (Å²) in [6.07, 6.45) is 0. The molecule has 0 aliphatic rings. The number of anilines is 2. The number of nitrogens with zero attached hydrogens (tertiary/aromatic N) is 3. The Kier molecular flexibility index (Phi) is 3.82. The summed E-state index contributed by atoms with van der Waals surface area (Å²) in [7, 11) is 0. The Morgan fingerprint density at radius 3 is 2.61 bits per heavy atom. The number of hydrogen-bond donors (Lipinski definition) is 2. The van der Waals surface area contributed by atoms with Gasteiger partial charge in [0.1, 0.15) is 5.75 Å². The van der Waals surface area contributed by atoms with Crippen molar-refractivity contribution in [2.24, 2.45) is 0 Å². The van der Waals surface area contributed by atoms with Crippen LogP contribution in [0.15, 0.2) is 46.9 Å². The highest BCUT2D eigenvalue weighted by Gasteiger charge is 2.12. The third-order valence-corrected chi connectivity index (χ3v) is 3.19. The van der Waals surface area contributed by atoms with Crippen molar-refractivity contribution in [2.45, 2.75) is 0 Å². The summed E-state index contributed by atoms with van der Waals surface area (Å²) in [5.41, 5.74) is 0.818. The molecule has 1 heterocycles. The van der Waals surface area contributed by atoms with Crippen molar-refractivity contribution in [3.05, 3.63) is 57.6 Å². The molecule has 116 valence electrons. The first kappa shape index (κ1) is 14.8. The van der Waals surface area contributed by atoms with Gasteiger partial charge < -0.3 is 14.8 Å². The van der Waals surface area contributed by atoms with Gasteiger partial charge in [-0.05, 0) is 30.3 Å². The average Bonchev–Trinajstić information content (AvgIpc) is 2.99. The number of aromatic hydroxyl groups is 1. The molecule has 0 fully saturated rings. The fourth-order valence-corrected chi connectivity index (χ4v) is 2.01. The number of hydrogen-bond acceptors (Lipinski definition) is 7. The number of rotatable bonds is 4. The van der Waals surface area contributed by atoms with Crippen LogP contribution in [0.3, 0.4) is 0 Å². The van der Waals surface area contributed by atoms with Crippen LogP contribution >= 0.6 is 11.6 Å². The molecule has 0 saturated heterocycles. The van der Waals surface area contributed by atoms with Crippen molar-refractivity contribution in [3.8, 4) is 17.2 Å². The number of aromatic nitrogens is 2. The number of nitrogens with one attached hydrogen (secondary N) is 1. The van der Waals surface area contributed by atoms with Crippen molar-refractivity contribution in [1.82, 2.24) is 10.2 Å². The minimum Gasteiger partial charge on any atom is -0.506 e. The van der Waals surface area contributed by atoms with Gasteiger partial charge in [0, 0.05) is 22.7 Å². The van der Waals surface area contributed by atoms with Crippen LogP contribution < -0.4 is 5.32 Å². The highest BCUT2D eigenvalue weighted by molar-refractivity contribution is 6.30. The van der Waals surface area contributed by atoms with Gasteiger partial charge in [0.05, 0.1) is 10.6 Å². The van der Waals surface area contributed by atoms with Crippen molar-refractivity contribution in [2.75, 3.05) is 5.32 Å². The zero-order chi connectivity index (χ0) is 16.4. The Labute approximate surface area is 134 Å². The molecule has 0 atom stereocenters. The summed E-state index contributed by atoms with van der Waals surface area (Å²) < 4.78 is 5.41. The van der Waals surface area contributed by atoms with Gasteiger partial charge in [-0.25, -0.2) is 0 Å². The van der Waals surface area contributed by atoms with E-state index in [2.05, 4.69) is 15.5 Å². The molecule has 0 bridgehead atoms. The lowest BCUT2D eigenvalue weighted by Crippen LogP contribution is -1.90. The Morgan fingerprint density at radius 1 is 1.17 bits per heavy atom. The largest absolute Gasteiger partial charge is 0.506 e. The predicted molar refractivity (Wildman–Crippen MR) is 82.8 cm³/mol. The van der Waals surface area contributed by atoms with E-state index in [0.29, 0.717) is 16.3 Å². The molecular weight excluding hydrogens is 324 g/mol. The molecule has 3 rings (SSSR count). The summed E-state index contributed by atoms with van der Waals surface area (Å²) >= 11 is 5.85. The maximum atomic E-state index is 10.6. The third kappa shape index (κ3) is 3.22. The van der Waals surface area contributed by atoms with E-state index in [1.807, 2.05) is 0 Å². The Balaban J connectivity index is 1.82. The van der Waals surface area contributed by atoms with E-state index in [1.54, 1.807) is 0 Å². The number of non-ortho nitro benzene ring substituents is 1. The molecule has 0 spiro atoms. The highest BCUT2D eigenvalue weighted by atomic mass is 35.5. The molecule has 23 heavy (non-hydrogen) atoms. The number of nitro benzene ring substituents is 1. The Bertz CT molecular complexity index is 863. The molecule has 0 aliphatic carbocycles. The van der Waals surface area contributed by atoms with Gasteiger partial charge in [0.2, 0.25) is 5.89 Å². The van der Waals surface area contributed by atoms with Crippen LogP contribution in [0, 0.1) is 10.1 Å². The maximum Gasteiger partial charge on any atom is 0.320 e. The SMILES string of the molecule is O=[N+]([O-])c1ccc(-c2nnc(Nc3cc(Cl)ccc3O)o2)cc1. The fraction of sp³-hybridized carbons (Fsp3) is 0. The minimum absolute atomic E-state index is 0.0236. The van der Waals surface area contributed by atoms with E-state index in [4.69, 9.17) is 16.0 Å². The van der Waals surface area contributed by atoms with Crippen LogP contribution in [-0.2, 0) is 0 Å². The Hall–Kier alpha value is -3.13. The van der Waals surface area contributed by atoms with Gasteiger partial charge in [-0.3, -0.25) is 10.1 Å². The van der Waals surface area contributed by atoms with E-state index in [9.17, 15) is 15.2 Å². The van der Waals surface area contributed by atoms with Crippen LogP contribution in [0.25, 0.3) is 11.5 Å². The molecule has 0 saturated carbocycles. The van der Waals surface area contributed by atoms with Crippen LogP contribution in [-0.4, -0.2) is 20.2 Å². The van der Waals surface area contributed by atoms with E-state index in [-0.39, 0.29) is 23.3 Å². The summed E-state index contributed by atoms with van der Waals surface area (Å²) in [6, 6.07) is 10.2. The van der Waals surface area contributed by atoms with Gasteiger partial charge in [-0.15, -0.1) is 5.10 Å². The summed E-state index contributed by atoms with van der Waals surface area (Å²) in [5, 5.41) is 31.2. The molecule has 0 amide bonds. The van der Waals surface area contributed by atoms with Crippen molar-refractivity contribution >= 4 is 29.0 Å². The first-order valence-corrected chi connectivity index (χ1v) is 6.74. The zero-order valence-corrected chi connectivity index (χ0v) is 12.2. The number of halogens is 1. The zero-order valence-electron chi connectivity index (χ0n) is 11.4. The van der Waals surface area contributed by atoms with Crippen molar-refractivity contribution < 1.29 is 14.4 Å². The molecule has 0 unspecified atom stereocenters. The summed E-state index contributed by atoms with van der Waals surface area (Å²) in [4.78, 5) is 10.1. The third-order valence-electron chi connectivity index (χ3n) is 2.95. The van der Waals surface area contributed by atoms with Crippen LogP contribution in [0.4, 0.5) is 17.4 Å². The van der Waals surface area contributed by atoms with Crippen LogP contribution in [0.5, 0.6) is 5.75 Å². The smallest absolute Gasteiger partial charge is 0.320 e. The summed E-state index contributed by atoms with van der Waals surface area (Å²) in [6.45, 7) is 0. The summed E-state index contributed by atoms with van der Waals surface area (Å²) in [5.74, 6) is 0.161. The molecule has 2 aromatic carbocycles. The second kappa shape index (κ2) is 5.93. The minimum atomic E-state index is -0.494. The topological polar surface area (TPSA) is 114 Å². The standard InChI is InChI=1S/C14H9ClN4O4/c15-9-3-6-12(20)11(7-9)16-14-18-17-13(23-14)8-1-4-10(5-2-8)19(21)22/h1-7,20H,(H,16,18). The van der Waals surface area contributed by atoms with E-state index in [0.717, 1.165) is 0 Å². The highest BCUT2D eigenvalue weighted by Crippen LogP contribution is 2.30. The van der Waals surface area contributed by atoms with Gasteiger partial charge in [-0.2, -0.15) is 0 Å². The lowest BCUT2D eigenvalue weighted by molar-refractivity contribution is -0.384. The van der Waals surface area contributed by atoms with Gasteiger partial charge in [-0.1, -0.05) is 16.7 Å². The molecular formula is C14H9ClN4O4. The monoisotopic (exact) mass is 332 g/mol. The number of phenols is 1. The first-order chi connectivity index (χ1) is 11.0. The van der Waals surface area contributed by atoms with Crippen LogP contribution in [0.1, 0.15) is 0 Å². The van der Waals surface area contributed by atoms with Crippen LogP contribution in [0.2, 0.25) is 5.02 Å². The fourth-order valence-electron chi connectivity index (χ4n) is 1.84. The quantitative estimate of drug-likeness (QED) is 0.424. The van der Waals surface area contributed by atoms with E-state index < -0.39 is 4.92 Å². The normalized spacial score (nSPS) is 10.5. The van der Waals surface area contributed by atoms with E-state index >= 15 is 0 Å².